The molecule has 9 nitrogen and oxygen atoms in total. The zero-order valence-electron chi connectivity index (χ0n) is 17.6. The number of carbonyl (C=O) groups is 2. The molecule has 0 aliphatic carbocycles. The second kappa shape index (κ2) is 11.3. The van der Waals surface area contributed by atoms with Gasteiger partial charge in [0.25, 0.3) is 11.6 Å². The van der Waals surface area contributed by atoms with Crippen LogP contribution in [-0.2, 0) is 4.79 Å². The molecule has 0 aliphatic heterocycles. The number of rotatable bonds is 8. The van der Waals surface area contributed by atoms with Crippen molar-refractivity contribution in [3.8, 4) is 11.5 Å². The Balaban J connectivity index is 1.56. The summed E-state index contributed by atoms with van der Waals surface area (Å²) in [6.45, 7) is 1.51. The largest absolute Gasteiger partial charge is 0.481 e. The van der Waals surface area contributed by atoms with Crippen LogP contribution in [0.4, 0.5) is 5.69 Å². The maximum absolute atomic E-state index is 12.4. The minimum atomic E-state index is -0.907. The van der Waals surface area contributed by atoms with Gasteiger partial charge in [0.1, 0.15) is 11.5 Å². The van der Waals surface area contributed by atoms with E-state index in [0.29, 0.717) is 16.3 Å². The Morgan fingerprint density at radius 1 is 1.06 bits per heavy atom. The van der Waals surface area contributed by atoms with Crippen molar-refractivity contribution in [2.24, 2.45) is 5.10 Å². The SMILES string of the molecule is CC(Oc1ccc([N+](=O)[O-])cc1)C(=O)N/N=C/c1cccc(OC(=O)c2ccc(Cl)cc2Cl)c1. The van der Waals surface area contributed by atoms with Gasteiger partial charge in [0.2, 0.25) is 0 Å². The number of halogens is 2. The molecule has 0 radical (unpaired) electrons. The van der Waals surface area contributed by atoms with E-state index in [1.807, 2.05) is 0 Å². The molecule has 0 bridgehead atoms. The predicted molar refractivity (Wildman–Crippen MR) is 127 cm³/mol. The normalized spacial score (nSPS) is 11.6. The maximum atomic E-state index is 12.4. The Hall–Kier alpha value is -3.95. The van der Waals surface area contributed by atoms with Crippen molar-refractivity contribution >= 4 is 47.0 Å². The molecule has 3 aromatic carbocycles. The van der Waals surface area contributed by atoms with Gasteiger partial charge < -0.3 is 9.47 Å². The fourth-order valence-electron chi connectivity index (χ4n) is 2.64. The molecular formula is C23H17Cl2N3O6. The predicted octanol–water partition coefficient (Wildman–Crippen LogP) is 5.04. The minimum Gasteiger partial charge on any atom is -0.481 e. The molecule has 11 heteroatoms. The number of nitrogens with one attached hydrogen (secondary N) is 1. The molecule has 1 unspecified atom stereocenters. The van der Waals surface area contributed by atoms with Gasteiger partial charge in [0.15, 0.2) is 6.10 Å². The Morgan fingerprint density at radius 2 is 1.79 bits per heavy atom. The van der Waals surface area contributed by atoms with Crippen LogP contribution >= 0.6 is 23.2 Å². The summed E-state index contributed by atoms with van der Waals surface area (Å²) >= 11 is 11.9. The molecule has 0 saturated heterocycles. The van der Waals surface area contributed by atoms with E-state index in [1.54, 1.807) is 24.3 Å². The van der Waals surface area contributed by atoms with Crippen molar-refractivity contribution in [2.45, 2.75) is 13.0 Å². The van der Waals surface area contributed by atoms with Gasteiger partial charge in [0, 0.05) is 17.2 Å². The highest BCUT2D eigenvalue weighted by Gasteiger charge is 2.15. The van der Waals surface area contributed by atoms with Crippen molar-refractivity contribution in [3.63, 3.8) is 0 Å². The van der Waals surface area contributed by atoms with E-state index in [2.05, 4.69) is 10.5 Å². The van der Waals surface area contributed by atoms with Gasteiger partial charge in [-0.05, 0) is 55.0 Å². The third-order valence-corrected chi connectivity index (χ3v) is 4.89. The molecule has 0 aromatic heterocycles. The number of carbonyl (C=O) groups excluding carboxylic acids is 2. The van der Waals surface area contributed by atoms with Crippen LogP contribution in [-0.4, -0.2) is 29.1 Å². The van der Waals surface area contributed by atoms with Crippen LogP contribution in [0.15, 0.2) is 71.8 Å². The molecular weight excluding hydrogens is 485 g/mol. The first-order valence-corrected chi connectivity index (χ1v) is 10.5. The lowest BCUT2D eigenvalue weighted by molar-refractivity contribution is -0.384. The summed E-state index contributed by atoms with van der Waals surface area (Å²) in [5.74, 6) is -0.635. The summed E-state index contributed by atoms with van der Waals surface area (Å²) in [4.78, 5) is 34.7. The summed E-state index contributed by atoms with van der Waals surface area (Å²) < 4.78 is 10.8. The lowest BCUT2D eigenvalue weighted by Gasteiger charge is -2.12. The van der Waals surface area contributed by atoms with E-state index in [9.17, 15) is 19.7 Å². The highest BCUT2D eigenvalue weighted by molar-refractivity contribution is 6.36. The first-order chi connectivity index (χ1) is 16.2. The Labute approximate surface area is 204 Å². The monoisotopic (exact) mass is 501 g/mol. The number of nitro groups is 1. The van der Waals surface area contributed by atoms with Gasteiger partial charge >= 0.3 is 5.97 Å². The molecule has 1 amide bonds. The Kier molecular flexibility index (Phi) is 8.18. The van der Waals surface area contributed by atoms with Crippen LogP contribution in [0.1, 0.15) is 22.8 Å². The minimum absolute atomic E-state index is 0.0850. The first-order valence-electron chi connectivity index (χ1n) is 9.74. The highest BCUT2D eigenvalue weighted by atomic mass is 35.5. The molecule has 0 fully saturated rings. The van der Waals surface area contributed by atoms with Gasteiger partial charge in [-0.1, -0.05) is 35.3 Å². The summed E-state index contributed by atoms with van der Waals surface area (Å²) in [5, 5.41) is 15.1. The third-order valence-electron chi connectivity index (χ3n) is 4.34. The van der Waals surface area contributed by atoms with Crippen molar-refractivity contribution in [2.75, 3.05) is 0 Å². The van der Waals surface area contributed by atoms with Gasteiger partial charge in [-0.25, -0.2) is 10.2 Å². The van der Waals surface area contributed by atoms with Crippen LogP contribution in [0.3, 0.4) is 0 Å². The zero-order chi connectivity index (χ0) is 24.7. The van der Waals surface area contributed by atoms with E-state index in [0.717, 1.165) is 0 Å². The molecule has 0 spiro atoms. The number of non-ortho nitro benzene ring substituents is 1. The molecule has 3 rings (SSSR count). The molecule has 0 saturated carbocycles. The number of benzene rings is 3. The van der Waals surface area contributed by atoms with Crippen molar-refractivity contribution in [3.05, 3.63) is 98.0 Å². The number of ether oxygens (including phenoxy) is 2. The van der Waals surface area contributed by atoms with Crippen molar-refractivity contribution in [1.29, 1.82) is 0 Å². The smallest absolute Gasteiger partial charge is 0.345 e. The summed E-state index contributed by atoms with van der Waals surface area (Å²) in [6.07, 6.45) is 0.457. The van der Waals surface area contributed by atoms with Crippen LogP contribution < -0.4 is 14.9 Å². The van der Waals surface area contributed by atoms with Gasteiger partial charge in [0.05, 0.1) is 21.7 Å². The molecule has 1 N–H and O–H groups in total. The van der Waals surface area contributed by atoms with Crippen molar-refractivity contribution < 1.29 is 24.0 Å². The number of nitrogens with zero attached hydrogens (tertiary/aromatic N) is 2. The van der Waals surface area contributed by atoms with E-state index in [-0.39, 0.29) is 22.0 Å². The average molecular weight is 502 g/mol. The molecule has 0 aliphatic rings. The van der Waals surface area contributed by atoms with Gasteiger partial charge in [-0.15, -0.1) is 0 Å². The topological polar surface area (TPSA) is 120 Å². The molecule has 174 valence electrons. The second-order valence-corrected chi connectivity index (χ2v) is 7.68. The lowest BCUT2D eigenvalue weighted by atomic mass is 10.2. The van der Waals surface area contributed by atoms with Crippen molar-refractivity contribution in [1.82, 2.24) is 5.43 Å². The summed E-state index contributed by atoms with van der Waals surface area (Å²) in [7, 11) is 0. The number of amides is 1. The standard InChI is InChI=1S/C23H17Cl2N3O6/c1-14(33-18-8-6-17(7-9-18)28(31)32)22(29)27-26-13-15-3-2-4-19(11-15)34-23(30)20-10-5-16(24)12-21(20)25/h2-14H,1H3,(H,27,29)/b26-13+. The van der Waals surface area contributed by atoms with E-state index < -0.39 is 22.9 Å². The Morgan fingerprint density at radius 3 is 2.47 bits per heavy atom. The quantitative estimate of drug-likeness (QED) is 0.152. The average Bonchev–Trinajstić information content (AvgIpc) is 2.79. The van der Waals surface area contributed by atoms with E-state index in [4.69, 9.17) is 32.7 Å². The molecule has 34 heavy (non-hydrogen) atoms. The van der Waals surface area contributed by atoms with Crippen LogP contribution in [0.2, 0.25) is 10.0 Å². The second-order valence-electron chi connectivity index (χ2n) is 6.83. The van der Waals surface area contributed by atoms with Crippen LogP contribution in [0.25, 0.3) is 0 Å². The first kappa shape index (κ1) is 24.7. The fourth-order valence-corrected chi connectivity index (χ4v) is 3.13. The maximum Gasteiger partial charge on any atom is 0.345 e. The number of nitro benzene ring substituents is 1. The molecule has 3 aromatic rings. The van der Waals surface area contributed by atoms with Crippen LogP contribution in [0.5, 0.6) is 11.5 Å². The highest BCUT2D eigenvalue weighted by Crippen LogP contribution is 2.23. The van der Waals surface area contributed by atoms with E-state index in [1.165, 1.54) is 55.6 Å². The van der Waals surface area contributed by atoms with E-state index >= 15 is 0 Å². The molecule has 0 heterocycles. The third kappa shape index (κ3) is 6.77. The van der Waals surface area contributed by atoms with Gasteiger partial charge in [-0.2, -0.15) is 5.10 Å². The number of hydrazone groups is 1. The summed E-state index contributed by atoms with van der Waals surface area (Å²) in [5.41, 5.74) is 2.97. The fraction of sp³-hybridized carbons (Fsp3) is 0.0870. The number of hydrogen-bond donors (Lipinski definition) is 1. The van der Waals surface area contributed by atoms with Crippen LogP contribution in [0, 0.1) is 10.1 Å². The van der Waals surface area contributed by atoms with Gasteiger partial charge in [-0.3, -0.25) is 14.9 Å². The lowest BCUT2D eigenvalue weighted by Crippen LogP contribution is -2.33. The zero-order valence-corrected chi connectivity index (χ0v) is 19.1. The number of esters is 1. The molecule has 1 atom stereocenters. The number of hydrogen-bond acceptors (Lipinski definition) is 7. The summed E-state index contributed by atoms with van der Waals surface area (Å²) in [6, 6.07) is 16.3. The Bertz CT molecular complexity index is 1250.